The number of alkyl halides is 3. The molecule has 1 aliphatic rings. The molecular weight excluding hydrogens is 534 g/mol. The Kier molecular flexibility index (Phi) is 7.39. The first-order chi connectivity index (χ1) is 18.3. The standard InChI is InChI=1S/C27H21F4N5O2S/c1-26(2)24(38)35(19-8-6-16(14-32)21(12-19)27(29,30)31)25(39)36(26)20-9-7-17(22(28)13-20)15-34-23(37)11-18-5-3-4-10-33-18/h3-10,12-13H,11,15H2,1-2H3,(H,34,37). The van der Waals surface area contributed by atoms with E-state index >= 15 is 4.39 Å². The van der Waals surface area contributed by atoms with Crippen LogP contribution in [-0.4, -0.2) is 27.4 Å². The van der Waals surface area contributed by atoms with Crippen LogP contribution in [0.1, 0.15) is 36.2 Å². The van der Waals surface area contributed by atoms with Crippen LogP contribution in [0.2, 0.25) is 0 Å². The third-order valence-corrected chi connectivity index (χ3v) is 6.56. The third-order valence-electron chi connectivity index (χ3n) is 6.19. The molecule has 2 aromatic carbocycles. The minimum Gasteiger partial charge on any atom is -0.352 e. The number of benzene rings is 2. The molecule has 1 N–H and O–H groups in total. The zero-order valence-electron chi connectivity index (χ0n) is 20.7. The Morgan fingerprint density at radius 2 is 1.85 bits per heavy atom. The van der Waals surface area contributed by atoms with Crippen molar-refractivity contribution in [3.05, 3.63) is 89.0 Å². The number of rotatable bonds is 6. The quantitative estimate of drug-likeness (QED) is 0.344. The highest BCUT2D eigenvalue weighted by Gasteiger charge is 2.50. The second-order valence-corrected chi connectivity index (χ2v) is 9.57. The summed E-state index contributed by atoms with van der Waals surface area (Å²) < 4.78 is 55.6. The lowest BCUT2D eigenvalue weighted by Crippen LogP contribution is -2.44. The lowest BCUT2D eigenvalue weighted by Gasteiger charge is -2.29. The van der Waals surface area contributed by atoms with Crippen LogP contribution < -0.4 is 15.1 Å². The van der Waals surface area contributed by atoms with Gasteiger partial charge in [-0.1, -0.05) is 12.1 Å². The maximum absolute atomic E-state index is 15.1. The Hall–Kier alpha value is -4.37. The molecule has 0 saturated carbocycles. The van der Waals surface area contributed by atoms with Gasteiger partial charge in [-0.2, -0.15) is 18.4 Å². The molecule has 1 aliphatic heterocycles. The summed E-state index contributed by atoms with van der Waals surface area (Å²) in [6.45, 7) is 2.93. The molecule has 4 rings (SSSR count). The van der Waals surface area contributed by atoms with Crippen molar-refractivity contribution in [1.29, 1.82) is 5.26 Å². The van der Waals surface area contributed by atoms with E-state index in [4.69, 9.17) is 17.5 Å². The number of pyridine rings is 1. The number of carbonyl (C=O) groups is 2. The van der Waals surface area contributed by atoms with Gasteiger partial charge in [-0.25, -0.2) is 4.39 Å². The molecule has 7 nitrogen and oxygen atoms in total. The normalized spacial score (nSPS) is 14.9. The van der Waals surface area contributed by atoms with Crippen LogP contribution in [0.4, 0.5) is 28.9 Å². The molecule has 1 fully saturated rings. The Bertz CT molecular complexity index is 1500. The molecule has 2 amide bonds. The lowest BCUT2D eigenvalue weighted by molar-refractivity contribution is -0.137. The molecule has 1 saturated heterocycles. The fourth-order valence-electron chi connectivity index (χ4n) is 4.20. The summed E-state index contributed by atoms with van der Waals surface area (Å²) in [5, 5.41) is 11.5. The van der Waals surface area contributed by atoms with Crippen molar-refractivity contribution in [1.82, 2.24) is 10.3 Å². The number of anilines is 2. The number of halogens is 4. The van der Waals surface area contributed by atoms with Crippen LogP contribution in [0.25, 0.3) is 0 Å². The van der Waals surface area contributed by atoms with Gasteiger partial charge in [0.15, 0.2) is 5.11 Å². The fourth-order valence-corrected chi connectivity index (χ4v) is 4.72. The van der Waals surface area contributed by atoms with Crippen molar-refractivity contribution in [2.45, 2.75) is 38.5 Å². The minimum absolute atomic E-state index is 0.0279. The number of thiocarbonyl (C=S) groups is 1. The van der Waals surface area contributed by atoms with Gasteiger partial charge in [0.2, 0.25) is 5.91 Å². The number of carbonyl (C=O) groups excluding carboxylic acids is 2. The first kappa shape index (κ1) is 27.7. The summed E-state index contributed by atoms with van der Waals surface area (Å²) in [6, 6.07) is 13.6. The molecule has 200 valence electrons. The van der Waals surface area contributed by atoms with Crippen LogP contribution in [0, 0.1) is 17.1 Å². The molecule has 39 heavy (non-hydrogen) atoms. The summed E-state index contributed by atoms with van der Waals surface area (Å²) >= 11 is 5.47. The molecule has 0 radical (unpaired) electrons. The molecule has 0 spiro atoms. The Balaban J connectivity index is 1.57. The highest BCUT2D eigenvalue weighted by atomic mass is 32.1. The van der Waals surface area contributed by atoms with Crippen molar-refractivity contribution < 1.29 is 27.2 Å². The number of hydrogen-bond donors (Lipinski definition) is 1. The molecule has 0 bridgehead atoms. The van der Waals surface area contributed by atoms with E-state index in [1.807, 2.05) is 0 Å². The largest absolute Gasteiger partial charge is 0.417 e. The molecule has 0 unspecified atom stereocenters. The zero-order valence-corrected chi connectivity index (χ0v) is 21.5. The van der Waals surface area contributed by atoms with Crippen LogP contribution in [0.5, 0.6) is 0 Å². The topological polar surface area (TPSA) is 89.3 Å². The smallest absolute Gasteiger partial charge is 0.352 e. The maximum atomic E-state index is 15.1. The van der Waals surface area contributed by atoms with E-state index in [1.54, 1.807) is 24.4 Å². The van der Waals surface area contributed by atoms with Gasteiger partial charge in [0.05, 0.1) is 29.3 Å². The third kappa shape index (κ3) is 5.44. The number of hydrogen-bond acceptors (Lipinski definition) is 5. The average Bonchev–Trinajstić information content (AvgIpc) is 3.06. The van der Waals surface area contributed by atoms with Gasteiger partial charge in [0, 0.05) is 29.7 Å². The van der Waals surface area contributed by atoms with E-state index in [0.717, 1.165) is 17.0 Å². The van der Waals surface area contributed by atoms with Gasteiger partial charge in [-0.15, -0.1) is 0 Å². The van der Waals surface area contributed by atoms with E-state index in [2.05, 4.69) is 10.3 Å². The monoisotopic (exact) mass is 555 g/mol. The summed E-state index contributed by atoms with van der Waals surface area (Å²) in [6.07, 6.45) is -3.24. The van der Waals surface area contributed by atoms with Gasteiger partial charge in [0.25, 0.3) is 5.91 Å². The number of nitrogens with one attached hydrogen (secondary N) is 1. The van der Waals surface area contributed by atoms with E-state index in [0.29, 0.717) is 11.8 Å². The maximum Gasteiger partial charge on any atom is 0.417 e. The second-order valence-electron chi connectivity index (χ2n) is 9.21. The molecule has 12 heteroatoms. The Labute approximate surface area is 226 Å². The van der Waals surface area contributed by atoms with Crippen molar-refractivity contribution >= 4 is 40.5 Å². The molecule has 2 heterocycles. The van der Waals surface area contributed by atoms with Gasteiger partial charge < -0.3 is 10.2 Å². The van der Waals surface area contributed by atoms with Crippen LogP contribution >= 0.6 is 12.2 Å². The van der Waals surface area contributed by atoms with Gasteiger partial charge >= 0.3 is 6.18 Å². The Morgan fingerprint density at radius 1 is 1.13 bits per heavy atom. The van der Waals surface area contributed by atoms with Gasteiger partial charge in [0.1, 0.15) is 11.4 Å². The van der Waals surface area contributed by atoms with Crippen molar-refractivity contribution in [2.75, 3.05) is 9.80 Å². The predicted octanol–water partition coefficient (Wildman–Crippen LogP) is 4.89. The van der Waals surface area contributed by atoms with E-state index < -0.39 is 34.6 Å². The number of nitrogens with zero attached hydrogens (tertiary/aromatic N) is 4. The Morgan fingerprint density at radius 3 is 2.46 bits per heavy atom. The van der Waals surface area contributed by atoms with Crippen molar-refractivity contribution in [3.8, 4) is 6.07 Å². The summed E-state index contributed by atoms with van der Waals surface area (Å²) in [5.41, 5.74) is -2.38. The zero-order chi connectivity index (χ0) is 28.5. The van der Waals surface area contributed by atoms with Gasteiger partial charge in [-0.05, 0) is 68.5 Å². The van der Waals surface area contributed by atoms with Crippen molar-refractivity contribution in [3.63, 3.8) is 0 Å². The molecule has 1 aromatic heterocycles. The van der Waals surface area contributed by atoms with Crippen LogP contribution in [0.3, 0.4) is 0 Å². The number of amides is 2. The highest BCUT2D eigenvalue weighted by molar-refractivity contribution is 7.81. The first-order valence-corrected chi connectivity index (χ1v) is 12.0. The first-order valence-electron chi connectivity index (χ1n) is 11.6. The van der Waals surface area contributed by atoms with Gasteiger partial charge in [-0.3, -0.25) is 19.5 Å². The number of aromatic nitrogens is 1. The fraction of sp³-hybridized carbons (Fsp3) is 0.222. The van der Waals surface area contributed by atoms with Crippen LogP contribution in [-0.2, 0) is 28.7 Å². The highest BCUT2D eigenvalue weighted by Crippen LogP contribution is 2.39. The lowest BCUT2D eigenvalue weighted by atomic mass is 10.0. The average molecular weight is 556 g/mol. The predicted molar refractivity (Wildman–Crippen MR) is 139 cm³/mol. The molecule has 0 atom stereocenters. The summed E-state index contributed by atoms with van der Waals surface area (Å²) in [4.78, 5) is 31.9. The second kappa shape index (κ2) is 10.4. The SMILES string of the molecule is CC1(C)C(=O)N(c2ccc(C#N)c(C(F)(F)F)c2)C(=S)N1c1ccc(CNC(=O)Cc2ccccn2)c(F)c1. The van der Waals surface area contributed by atoms with Crippen LogP contribution in [0.15, 0.2) is 60.8 Å². The van der Waals surface area contributed by atoms with E-state index in [9.17, 15) is 22.8 Å². The van der Waals surface area contributed by atoms with E-state index in [-0.39, 0.29) is 40.9 Å². The van der Waals surface area contributed by atoms with Crippen molar-refractivity contribution in [2.24, 2.45) is 0 Å². The molecule has 3 aromatic rings. The molecular formula is C27H21F4N5O2S. The summed E-state index contributed by atoms with van der Waals surface area (Å²) in [7, 11) is 0. The molecule has 0 aliphatic carbocycles. The number of nitriles is 1. The van der Waals surface area contributed by atoms with E-state index in [1.165, 1.54) is 43.0 Å². The minimum atomic E-state index is -4.83. The summed E-state index contributed by atoms with van der Waals surface area (Å²) in [5.74, 6) is -1.65.